The molecule has 0 saturated heterocycles. The molecule has 0 radical (unpaired) electrons. The number of nitrogens with zero attached hydrogens (tertiary/aromatic N) is 2. The Morgan fingerprint density at radius 1 is 1.32 bits per heavy atom. The van der Waals surface area contributed by atoms with Crippen LogP contribution in [-0.4, -0.2) is 23.7 Å². The highest BCUT2D eigenvalue weighted by molar-refractivity contribution is 14.1. The van der Waals surface area contributed by atoms with Crippen molar-refractivity contribution in [2.45, 2.75) is 13.8 Å². The number of aryl methyl sites for hydroxylation is 2. The zero-order chi connectivity index (χ0) is 15.9. The van der Waals surface area contributed by atoms with E-state index in [1.165, 1.54) is 0 Å². The number of halogens is 1. The van der Waals surface area contributed by atoms with E-state index in [1.54, 1.807) is 30.7 Å². The van der Waals surface area contributed by atoms with Crippen LogP contribution in [0.2, 0.25) is 0 Å². The van der Waals surface area contributed by atoms with E-state index in [-0.39, 0.29) is 12.5 Å². The minimum atomic E-state index is -0.303. The number of pyridine rings is 1. The lowest BCUT2D eigenvalue weighted by molar-refractivity contribution is -0.123. The van der Waals surface area contributed by atoms with E-state index in [0.29, 0.717) is 0 Å². The quantitative estimate of drug-likeness (QED) is 0.470. The Kier molecular flexibility index (Phi) is 5.88. The highest BCUT2D eigenvalue weighted by Crippen LogP contribution is 2.25. The smallest absolute Gasteiger partial charge is 0.277 e. The third-order valence-corrected chi connectivity index (χ3v) is 3.50. The number of hydrogen-bond donors (Lipinski definition) is 1. The van der Waals surface area contributed by atoms with Crippen LogP contribution in [0.1, 0.15) is 16.7 Å². The van der Waals surface area contributed by atoms with Gasteiger partial charge in [-0.2, -0.15) is 5.10 Å². The van der Waals surface area contributed by atoms with Crippen molar-refractivity contribution in [2.24, 2.45) is 5.10 Å². The Morgan fingerprint density at radius 2 is 1.95 bits per heavy atom. The monoisotopic (exact) mass is 409 g/mol. The van der Waals surface area contributed by atoms with Gasteiger partial charge in [0.25, 0.3) is 5.91 Å². The number of rotatable bonds is 5. The van der Waals surface area contributed by atoms with Crippen molar-refractivity contribution >= 4 is 34.7 Å². The second-order valence-electron chi connectivity index (χ2n) is 4.73. The number of aromatic nitrogens is 1. The molecule has 0 unspecified atom stereocenters. The van der Waals surface area contributed by atoms with Gasteiger partial charge in [-0.25, -0.2) is 5.43 Å². The number of hydrogen-bond acceptors (Lipinski definition) is 4. The number of carbonyl (C=O) groups excluding carboxylic acids is 1. The fourth-order valence-electron chi connectivity index (χ4n) is 1.92. The predicted molar refractivity (Wildman–Crippen MR) is 94.1 cm³/mol. The van der Waals surface area contributed by atoms with Crippen LogP contribution in [0.5, 0.6) is 5.75 Å². The third-order valence-electron chi connectivity index (χ3n) is 2.88. The second-order valence-corrected chi connectivity index (χ2v) is 5.98. The highest BCUT2D eigenvalue weighted by Gasteiger charge is 2.08. The Morgan fingerprint density at radius 3 is 2.59 bits per heavy atom. The number of carbonyl (C=O) groups is 1. The average molecular weight is 409 g/mol. The van der Waals surface area contributed by atoms with E-state index in [2.05, 4.69) is 38.1 Å². The summed E-state index contributed by atoms with van der Waals surface area (Å²) >= 11 is 2.25. The van der Waals surface area contributed by atoms with Gasteiger partial charge in [0.2, 0.25) is 0 Å². The molecule has 0 bridgehead atoms. The fourth-order valence-corrected chi connectivity index (χ4v) is 2.86. The highest BCUT2D eigenvalue weighted by atomic mass is 127. The molecule has 0 spiro atoms. The number of hydrazone groups is 1. The van der Waals surface area contributed by atoms with Crippen molar-refractivity contribution in [1.29, 1.82) is 0 Å². The summed E-state index contributed by atoms with van der Waals surface area (Å²) in [6.45, 7) is 3.85. The largest absolute Gasteiger partial charge is 0.483 e. The second kappa shape index (κ2) is 7.88. The summed E-state index contributed by atoms with van der Waals surface area (Å²) < 4.78 is 6.73. The van der Waals surface area contributed by atoms with E-state index in [9.17, 15) is 4.79 Å². The Bertz CT molecular complexity index is 664. The molecule has 1 aromatic carbocycles. The summed E-state index contributed by atoms with van der Waals surface area (Å²) in [5, 5.41) is 3.88. The lowest BCUT2D eigenvalue weighted by atomic mass is 10.1. The maximum absolute atomic E-state index is 11.7. The molecule has 1 aromatic heterocycles. The average Bonchev–Trinajstić information content (AvgIpc) is 2.47. The number of benzene rings is 1. The summed E-state index contributed by atoms with van der Waals surface area (Å²) in [6.07, 6.45) is 4.88. The molecule has 1 heterocycles. The molecule has 0 aliphatic rings. The summed E-state index contributed by atoms with van der Waals surface area (Å²) in [5.74, 6) is 0.441. The van der Waals surface area contributed by atoms with Crippen LogP contribution in [0.15, 0.2) is 41.8 Å². The molecule has 22 heavy (non-hydrogen) atoms. The Hall–Kier alpha value is -1.96. The zero-order valence-electron chi connectivity index (χ0n) is 12.3. The summed E-state index contributed by atoms with van der Waals surface area (Å²) in [6, 6.07) is 7.62. The number of nitrogens with one attached hydrogen (secondary N) is 1. The first-order valence-corrected chi connectivity index (χ1v) is 7.75. The predicted octanol–water partition coefficient (Wildman–Crippen LogP) is 2.83. The van der Waals surface area contributed by atoms with Crippen LogP contribution in [0.25, 0.3) is 0 Å². The lowest BCUT2D eigenvalue weighted by Gasteiger charge is -2.11. The van der Waals surface area contributed by atoms with Crippen molar-refractivity contribution in [1.82, 2.24) is 10.4 Å². The third kappa shape index (κ3) is 4.80. The van der Waals surface area contributed by atoms with Crippen LogP contribution in [-0.2, 0) is 4.79 Å². The van der Waals surface area contributed by atoms with Gasteiger partial charge in [0.15, 0.2) is 6.61 Å². The van der Waals surface area contributed by atoms with E-state index in [4.69, 9.17) is 4.74 Å². The maximum Gasteiger partial charge on any atom is 0.277 e. The normalized spacial score (nSPS) is 10.7. The molecule has 0 fully saturated rings. The molecule has 1 N–H and O–H groups in total. The van der Waals surface area contributed by atoms with Gasteiger partial charge in [-0.3, -0.25) is 9.78 Å². The summed E-state index contributed by atoms with van der Waals surface area (Å²) in [7, 11) is 0. The SMILES string of the molecule is Cc1cc(I)cc(C)c1OCC(=O)N/N=C/c1ccncc1. The lowest BCUT2D eigenvalue weighted by Crippen LogP contribution is -2.25. The van der Waals surface area contributed by atoms with Crippen molar-refractivity contribution in [2.75, 3.05) is 6.61 Å². The van der Waals surface area contributed by atoms with E-state index in [1.807, 2.05) is 26.0 Å². The van der Waals surface area contributed by atoms with Gasteiger partial charge in [-0.15, -0.1) is 0 Å². The van der Waals surface area contributed by atoms with Gasteiger partial charge in [0.1, 0.15) is 5.75 Å². The number of ether oxygens (including phenoxy) is 1. The van der Waals surface area contributed by atoms with Crippen molar-refractivity contribution < 1.29 is 9.53 Å². The summed E-state index contributed by atoms with van der Waals surface area (Å²) in [5.41, 5.74) is 5.32. The van der Waals surface area contributed by atoms with Crippen molar-refractivity contribution in [3.63, 3.8) is 0 Å². The van der Waals surface area contributed by atoms with Crippen molar-refractivity contribution in [3.8, 4) is 5.75 Å². The number of amides is 1. The van der Waals surface area contributed by atoms with Crippen LogP contribution in [0, 0.1) is 17.4 Å². The van der Waals surface area contributed by atoms with Gasteiger partial charge in [-0.1, -0.05) is 0 Å². The molecule has 2 aromatic rings. The molecule has 0 saturated carbocycles. The van der Waals surface area contributed by atoms with Crippen LogP contribution in [0.3, 0.4) is 0 Å². The van der Waals surface area contributed by atoms with Gasteiger partial charge in [0, 0.05) is 16.0 Å². The van der Waals surface area contributed by atoms with Gasteiger partial charge in [0.05, 0.1) is 6.21 Å². The van der Waals surface area contributed by atoms with Crippen molar-refractivity contribution in [3.05, 3.63) is 56.9 Å². The molecule has 5 nitrogen and oxygen atoms in total. The van der Waals surface area contributed by atoms with E-state index >= 15 is 0 Å². The molecule has 0 aliphatic carbocycles. The van der Waals surface area contributed by atoms with E-state index < -0.39 is 0 Å². The molecule has 114 valence electrons. The van der Waals surface area contributed by atoms with Crippen LogP contribution < -0.4 is 10.2 Å². The van der Waals surface area contributed by atoms with E-state index in [0.717, 1.165) is 26.0 Å². The molecular formula is C16H16IN3O2. The molecule has 2 rings (SSSR count). The maximum atomic E-state index is 11.7. The Balaban J connectivity index is 1.87. The summed E-state index contributed by atoms with van der Waals surface area (Å²) in [4.78, 5) is 15.6. The molecule has 6 heteroatoms. The van der Waals surface area contributed by atoms with Gasteiger partial charge in [-0.05, 0) is 77.4 Å². The van der Waals surface area contributed by atoms with Crippen LogP contribution in [0.4, 0.5) is 0 Å². The molecule has 1 amide bonds. The molecule has 0 atom stereocenters. The van der Waals surface area contributed by atoms with Gasteiger partial charge < -0.3 is 4.74 Å². The van der Waals surface area contributed by atoms with Crippen LogP contribution >= 0.6 is 22.6 Å². The Labute approximate surface area is 142 Å². The zero-order valence-corrected chi connectivity index (χ0v) is 14.5. The first kappa shape index (κ1) is 16.4. The first-order chi connectivity index (χ1) is 10.6. The minimum Gasteiger partial charge on any atom is -0.483 e. The first-order valence-electron chi connectivity index (χ1n) is 6.68. The topological polar surface area (TPSA) is 63.6 Å². The molecule has 0 aliphatic heterocycles. The standard InChI is InChI=1S/C16H16IN3O2/c1-11-7-14(17)8-12(2)16(11)22-10-15(21)20-19-9-13-3-5-18-6-4-13/h3-9H,10H2,1-2H3,(H,20,21)/b19-9+. The fraction of sp³-hybridized carbons (Fsp3) is 0.188. The van der Waals surface area contributed by atoms with Gasteiger partial charge >= 0.3 is 0 Å². The molecular weight excluding hydrogens is 393 g/mol. The minimum absolute atomic E-state index is 0.0735.